The van der Waals surface area contributed by atoms with Crippen LogP contribution in [-0.4, -0.2) is 6.61 Å². The standard InChI is InChI=1S/C9H10INO/c1-5-2-3-6(10)8-7(11)4-12-9(5)8/h2-3,7H,4,11H2,1H3/t7-/m1/s1. The minimum Gasteiger partial charge on any atom is -0.491 e. The largest absolute Gasteiger partial charge is 0.491 e. The second-order valence-corrected chi connectivity index (χ2v) is 4.19. The molecule has 1 atom stereocenters. The highest BCUT2D eigenvalue weighted by Gasteiger charge is 2.24. The highest BCUT2D eigenvalue weighted by molar-refractivity contribution is 14.1. The summed E-state index contributed by atoms with van der Waals surface area (Å²) in [5.41, 5.74) is 8.24. The first-order chi connectivity index (χ1) is 5.70. The van der Waals surface area contributed by atoms with E-state index in [-0.39, 0.29) is 6.04 Å². The zero-order valence-electron chi connectivity index (χ0n) is 6.80. The van der Waals surface area contributed by atoms with Gasteiger partial charge < -0.3 is 10.5 Å². The molecule has 0 aromatic heterocycles. The lowest BCUT2D eigenvalue weighted by Crippen LogP contribution is -2.11. The Morgan fingerprint density at radius 1 is 1.58 bits per heavy atom. The van der Waals surface area contributed by atoms with Crippen molar-refractivity contribution in [2.75, 3.05) is 6.61 Å². The predicted molar refractivity (Wildman–Crippen MR) is 56.3 cm³/mol. The van der Waals surface area contributed by atoms with Crippen LogP contribution in [0.2, 0.25) is 0 Å². The van der Waals surface area contributed by atoms with Crippen molar-refractivity contribution in [2.45, 2.75) is 13.0 Å². The van der Waals surface area contributed by atoms with Gasteiger partial charge in [0.15, 0.2) is 0 Å². The van der Waals surface area contributed by atoms with Crippen LogP contribution in [0.25, 0.3) is 0 Å². The molecule has 64 valence electrons. The molecule has 12 heavy (non-hydrogen) atoms. The van der Waals surface area contributed by atoms with E-state index < -0.39 is 0 Å². The molecule has 1 heterocycles. The highest BCUT2D eigenvalue weighted by atomic mass is 127. The smallest absolute Gasteiger partial charge is 0.128 e. The Bertz CT molecular complexity index is 325. The van der Waals surface area contributed by atoms with Crippen LogP contribution in [0.1, 0.15) is 17.2 Å². The number of aryl methyl sites for hydroxylation is 1. The summed E-state index contributed by atoms with van der Waals surface area (Å²) in [6.45, 7) is 2.67. The lowest BCUT2D eigenvalue weighted by atomic mass is 10.1. The Kier molecular flexibility index (Phi) is 2.00. The van der Waals surface area contributed by atoms with Crippen molar-refractivity contribution >= 4 is 22.6 Å². The van der Waals surface area contributed by atoms with Gasteiger partial charge >= 0.3 is 0 Å². The number of hydrogen-bond acceptors (Lipinski definition) is 2. The molecule has 0 saturated carbocycles. The summed E-state index contributed by atoms with van der Waals surface area (Å²) in [6, 6.07) is 4.22. The Hall–Kier alpha value is -0.290. The molecule has 3 heteroatoms. The van der Waals surface area contributed by atoms with Gasteiger partial charge in [0.05, 0.1) is 6.04 Å². The lowest BCUT2D eigenvalue weighted by molar-refractivity contribution is 0.331. The number of fused-ring (bicyclic) bond motifs is 1. The van der Waals surface area contributed by atoms with E-state index in [2.05, 4.69) is 34.7 Å². The van der Waals surface area contributed by atoms with Crippen LogP contribution in [0.3, 0.4) is 0 Å². The maximum atomic E-state index is 5.89. The summed E-state index contributed by atoms with van der Waals surface area (Å²) in [5, 5.41) is 0. The molecule has 2 N–H and O–H groups in total. The third-order valence-electron chi connectivity index (χ3n) is 2.12. The number of hydrogen-bond donors (Lipinski definition) is 1. The molecule has 0 bridgehead atoms. The van der Waals surface area contributed by atoms with E-state index in [0.29, 0.717) is 6.61 Å². The summed E-state index contributed by atoms with van der Waals surface area (Å²) < 4.78 is 6.70. The SMILES string of the molecule is Cc1ccc(I)c2c1OC[C@H]2N. The molecule has 0 fully saturated rings. The minimum atomic E-state index is 0.0619. The van der Waals surface area contributed by atoms with Gasteiger partial charge in [-0.15, -0.1) is 0 Å². The quantitative estimate of drug-likeness (QED) is 0.735. The summed E-state index contributed by atoms with van der Waals surface area (Å²) in [4.78, 5) is 0. The molecule has 0 saturated heterocycles. The highest BCUT2D eigenvalue weighted by Crippen LogP contribution is 2.36. The van der Waals surface area contributed by atoms with Crippen molar-refractivity contribution in [3.63, 3.8) is 0 Å². The number of rotatable bonds is 0. The molecule has 0 unspecified atom stereocenters. The topological polar surface area (TPSA) is 35.2 Å². The van der Waals surface area contributed by atoms with Gasteiger partial charge in [0.25, 0.3) is 0 Å². The van der Waals surface area contributed by atoms with Crippen molar-refractivity contribution in [1.82, 2.24) is 0 Å². The molecule has 0 aliphatic carbocycles. The molecule has 0 spiro atoms. The average molecular weight is 275 g/mol. The van der Waals surface area contributed by atoms with E-state index in [4.69, 9.17) is 10.5 Å². The first-order valence-corrected chi connectivity index (χ1v) is 4.95. The summed E-state index contributed by atoms with van der Waals surface area (Å²) >= 11 is 2.30. The Morgan fingerprint density at radius 3 is 3.00 bits per heavy atom. The van der Waals surface area contributed by atoms with Crippen LogP contribution < -0.4 is 10.5 Å². The summed E-state index contributed by atoms with van der Waals surface area (Å²) in [5.74, 6) is 0.995. The Morgan fingerprint density at radius 2 is 2.33 bits per heavy atom. The molecular weight excluding hydrogens is 265 g/mol. The summed E-state index contributed by atoms with van der Waals surface area (Å²) in [7, 11) is 0. The zero-order valence-corrected chi connectivity index (χ0v) is 8.96. The Balaban J connectivity index is 2.64. The van der Waals surface area contributed by atoms with E-state index in [1.54, 1.807) is 0 Å². The monoisotopic (exact) mass is 275 g/mol. The van der Waals surface area contributed by atoms with Crippen LogP contribution >= 0.6 is 22.6 Å². The van der Waals surface area contributed by atoms with Crippen LogP contribution in [-0.2, 0) is 0 Å². The first-order valence-electron chi connectivity index (χ1n) is 3.87. The zero-order chi connectivity index (χ0) is 8.72. The molecule has 1 aliphatic heterocycles. The molecule has 1 aromatic rings. The van der Waals surface area contributed by atoms with Gasteiger partial charge in [0.2, 0.25) is 0 Å². The van der Waals surface area contributed by atoms with E-state index in [9.17, 15) is 0 Å². The molecule has 0 radical (unpaired) electrons. The van der Waals surface area contributed by atoms with Gasteiger partial charge in [-0.2, -0.15) is 0 Å². The fraction of sp³-hybridized carbons (Fsp3) is 0.333. The van der Waals surface area contributed by atoms with E-state index in [0.717, 1.165) is 5.75 Å². The predicted octanol–water partition coefficient (Wildman–Crippen LogP) is 1.99. The molecule has 0 amide bonds. The average Bonchev–Trinajstić information content (AvgIpc) is 2.42. The normalized spacial score (nSPS) is 20.4. The Labute approximate surface area is 85.2 Å². The molecule has 2 rings (SSSR count). The van der Waals surface area contributed by atoms with Gasteiger partial charge in [0.1, 0.15) is 12.4 Å². The fourth-order valence-corrected chi connectivity index (χ4v) is 2.30. The number of ether oxygens (including phenoxy) is 1. The third kappa shape index (κ3) is 1.11. The second-order valence-electron chi connectivity index (χ2n) is 3.02. The lowest BCUT2D eigenvalue weighted by Gasteiger charge is -2.05. The van der Waals surface area contributed by atoms with Crippen molar-refractivity contribution in [2.24, 2.45) is 5.73 Å². The van der Waals surface area contributed by atoms with Gasteiger partial charge in [-0.3, -0.25) is 0 Å². The van der Waals surface area contributed by atoms with Crippen LogP contribution in [0, 0.1) is 10.5 Å². The maximum Gasteiger partial charge on any atom is 0.128 e. The van der Waals surface area contributed by atoms with E-state index in [1.807, 2.05) is 6.92 Å². The summed E-state index contributed by atoms with van der Waals surface area (Å²) in [6.07, 6.45) is 0. The van der Waals surface area contributed by atoms with Crippen molar-refractivity contribution < 1.29 is 4.74 Å². The molecular formula is C9H10INO. The second kappa shape index (κ2) is 2.88. The van der Waals surface area contributed by atoms with Gasteiger partial charge in [0, 0.05) is 9.13 Å². The van der Waals surface area contributed by atoms with Gasteiger partial charge in [-0.1, -0.05) is 6.07 Å². The molecule has 1 aliphatic rings. The van der Waals surface area contributed by atoms with Crippen LogP contribution in [0.15, 0.2) is 12.1 Å². The number of nitrogens with two attached hydrogens (primary N) is 1. The van der Waals surface area contributed by atoms with E-state index in [1.165, 1.54) is 14.7 Å². The minimum absolute atomic E-state index is 0.0619. The molecule has 1 aromatic carbocycles. The van der Waals surface area contributed by atoms with Crippen molar-refractivity contribution in [3.05, 3.63) is 26.8 Å². The molecule has 2 nitrogen and oxygen atoms in total. The van der Waals surface area contributed by atoms with Gasteiger partial charge in [-0.25, -0.2) is 0 Å². The van der Waals surface area contributed by atoms with Gasteiger partial charge in [-0.05, 0) is 41.1 Å². The van der Waals surface area contributed by atoms with Crippen LogP contribution in [0.4, 0.5) is 0 Å². The maximum absolute atomic E-state index is 5.89. The van der Waals surface area contributed by atoms with E-state index >= 15 is 0 Å². The van der Waals surface area contributed by atoms with Crippen molar-refractivity contribution in [1.29, 1.82) is 0 Å². The number of benzene rings is 1. The fourth-order valence-electron chi connectivity index (χ4n) is 1.48. The van der Waals surface area contributed by atoms with Crippen molar-refractivity contribution in [3.8, 4) is 5.75 Å². The first kappa shape index (κ1) is 8.31. The third-order valence-corrected chi connectivity index (χ3v) is 3.06. The van der Waals surface area contributed by atoms with Crippen LogP contribution in [0.5, 0.6) is 5.75 Å². The number of halogens is 1.